The fourth-order valence-corrected chi connectivity index (χ4v) is 2.50. The van der Waals surface area contributed by atoms with Gasteiger partial charge in [0.2, 0.25) is 0 Å². The highest BCUT2D eigenvalue weighted by atomic mass is 16.6. The van der Waals surface area contributed by atoms with Gasteiger partial charge in [-0.25, -0.2) is 0 Å². The van der Waals surface area contributed by atoms with Crippen LogP contribution in [-0.4, -0.2) is 23.3 Å². The quantitative estimate of drug-likeness (QED) is 0.264. The molecule has 0 radical (unpaired) electrons. The molecule has 1 aliphatic rings. The average molecular weight is 320 g/mol. The topological polar surface area (TPSA) is 49.8 Å². The molecule has 1 aliphatic heterocycles. The van der Waals surface area contributed by atoms with Crippen LogP contribution in [-0.2, 0) is 9.53 Å². The molecule has 1 saturated heterocycles. The van der Waals surface area contributed by atoms with E-state index in [-0.39, 0.29) is 6.42 Å². The molecule has 0 spiro atoms. The van der Waals surface area contributed by atoms with Crippen molar-refractivity contribution >= 4 is 5.97 Å². The average Bonchev–Trinajstić information content (AvgIpc) is 3.27. The lowest BCUT2D eigenvalue weighted by atomic mass is 10.1. The Morgan fingerprint density at radius 3 is 2.35 bits per heavy atom. The van der Waals surface area contributed by atoms with Gasteiger partial charge in [-0.15, -0.1) is 0 Å². The van der Waals surface area contributed by atoms with Gasteiger partial charge in [0.15, 0.2) is 0 Å². The Morgan fingerprint density at radius 2 is 1.65 bits per heavy atom. The normalized spacial score (nSPS) is 20.9. The highest BCUT2D eigenvalue weighted by Crippen LogP contribution is 2.30. The fraction of sp³-hybridized carbons (Fsp3) is 0.650. The van der Waals surface area contributed by atoms with Crippen LogP contribution in [0.15, 0.2) is 36.5 Å². The van der Waals surface area contributed by atoms with Gasteiger partial charge >= 0.3 is 5.97 Å². The fourth-order valence-electron chi connectivity index (χ4n) is 2.50. The number of allylic oxidation sites excluding steroid dienone is 5. The molecule has 0 aromatic carbocycles. The molecule has 0 aliphatic carbocycles. The van der Waals surface area contributed by atoms with Crippen molar-refractivity contribution in [3.63, 3.8) is 0 Å². The highest BCUT2D eigenvalue weighted by Gasteiger charge is 2.36. The Balaban J connectivity index is 1.90. The molecule has 1 heterocycles. The lowest BCUT2D eigenvalue weighted by Gasteiger charge is -1.93. The number of epoxide rings is 1. The summed E-state index contributed by atoms with van der Waals surface area (Å²) in [7, 11) is 0. The molecule has 0 saturated carbocycles. The molecular formula is C20H32O3. The number of rotatable bonds is 14. The van der Waals surface area contributed by atoms with E-state index in [9.17, 15) is 4.79 Å². The van der Waals surface area contributed by atoms with Gasteiger partial charge in [-0.05, 0) is 38.5 Å². The van der Waals surface area contributed by atoms with Crippen LogP contribution in [0.2, 0.25) is 0 Å². The number of carboxylic acid groups (broad SMARTS) is 1. The Hall–Kier alpha value is -1.35. The van der Waals surface area contributed by atoms with E-state index >= 15 is 0 Å². The Morgan fingerprint density at radius 1 is 0.957 bits per heavy atom. The number of ether oxygens (including phenoxy) is 1. The largest absolute Gasteiger partial charge is 0.481 e. The Labute approximate surface area is 141 Å². The molecule has 1 rings (SSSR count). The van der Waals surface area contributed by atoms with Crippen molar-refractivity contribution in [1.29, 1.82) is 0 Å². The highest BCUT2D eigenvalue weighted by molar-refractivity contribution is 5.66. The van der Waals surface area contributed by atoms with Gasteiger partial charge in [-0.1, -0.05) is 62.6 Å². The first kappa shape index (κ1) is 19.7. The summed E-state index contributed by atoms with van der Waals surface area (Å²) in [5.74, 6) is -0.714. The molecule has 0 bridgehead atoms. The maximum Gasteiger partial charge on any atom is 0.303 e. The summed E-state index contributed by atoms with van der Waals surface area (Å²) in [4.78, 5) is 10.3. The summed E-state index contributed by atoms with van der Waals surface area (Å²) < 4.78 is 5.66. The Kier molecular flexibility index (Phi) is 11.2. The van der Waals surface area contributed by atoms with Crippen molar-refractivity contribution < 1.29 is 14.6 Å². The van der Waals surface area contributed by atoms with Crippen LogP contribution in [0.25, 0.3) is 0 Å². The van der Waals surface area contributed by atoms with Gasteiger partial charge in [0.05, 0.1) is 12.2 Å². The number of carboxylic acids is 1. The molecule has 23 heavy (non-hydrogen) atoms. The predicted octanol–water partition coefficient (Wildman–Crippen LogP) is 5.43. The number of hydrogen-bond donors (Lipinski definition) is 1. The SMILES string of the molecule is CCCCC[C@@H]1O[C@@H]1CC=CCC=CCC=CCCCC(=O)O. The summed E-state index contributed by atoms with van der Waals surface area (Å²) in [6, 6.07) is 0. The minimum Gasteiger partial charge on any atom is -0.481 e. The van der Waals surface area contributed by atoms with E-state index < -0.39 is 5.97 Å². The summed E-state index contributed by atoms with van der Waals surface area (Å²) in [5.41, 5.74) is 0. The van der Waals surface area contributed by atoms with Crippen LogP contribution in [0.5, 0.6) is 0 Å². The number of aliphatic carboxylic acids is 1. The van der Waals surface area contributed by atoms with Crippen LogP contribution < -0.4 is 0 Å². The standard InChI is InChI=1S/C20H32O3/c1-2-3-12-15-18-19(23-18)16-13-10-8-6-4-5-7-9-11-14-17-20(21)22/h4,6-7,9-10,13,18-19H,2-3,5,8,11-12,14-17H2,1H3,(H,21,22)/t18-,19+/m0/s1. The van der Waals surface area contributed by atoms with E-state index in [4.69, 9.17) is 9.84 Å². The van der Waals surface area contributed by atoms with Gasteiger partial charge in [0, 0.05) is 6.42 Å². The molecule has 0 aromatic heterocycles. The van der Waals surface area contributed by atoms with Crippen LogP contribution in [0.1, 0.15) is 71.1 Å². The molecular weight excluding hydrogens is 288 g/mol. The van der Waals surface area contributed by atoms with E-state index in [2.05, 4.69) is 43.4 Å². The summed E-state index contributed by atoms with van der Waals surface area (Å²) in [6.45, 7) is 2.23. The minimum absolute atomic E-state index is 0.259. The van der Waals surface area contributed by atoms with Gasteiger partial charge < -0.3 is 9.84 Å². The predicted molar refractivity (Wildman–Crippen MR) is 95.6 cm³/mol. The Bertz CT molecular complexity index is 396. The third kappa shape index (κ3) is 11.8. The summed E-state index contributed by atoms with van der Waals surface area (Å²) in [6.07, 6.45) is 23.8. The second kappa shape index (κ2) is 13.1. The molecule has 130 valence electrons. The van der Waals surface area contributed by atoms with Crippen molar-refractivity contribution in [1.82, 2.24) is 0 Å². The van der Waals surface area contributed by atoms with E-state index in [1.165, 1.54) is 25.7 Å². The molecule has 3 heteroatoms. The van der Waals surface area contributed by atoms with E-state index in [0.717, 1.165) is 32.1 Å². The van der Waals surface area contributed by atoms with Crippen LogP contribution >= 0.6 is 0 Å². The minimum atomic E-state index is -0.714. The van der Waals surface area contributed by atoms with E-state index in [1.54, 1.807) is 0 Å². The molecule has 3 nitrogen and oxygen atoms in total. The van der Waals surface area contributed by atoms with Crippen LogP contribution in [0.3, 0.4) is 0 Å². The number of hydrogen-bond acceptors (Lipinski definition) is 2. The first-order valence-electron chi connectivity index (χ1n) is 9.06. The van der Waals surface area contributed by atoms with Gasteiger partial charge in [-0.3, -0.25) is 4.79 Å². The lowest BCUT2D eigenvalue weighted by Crippen LogP contribution is -1.92. The summed E-state index contributed by atoms with van der Waals surface area (Å²) >= 11 is 0. The first-order chi connectivity index (χ1) is 11.2. The molecule has 1 N–H and O–H groups in total. The van der Waals surface area contributed by atoms with Crippen molar-refractivity contribution in [3.8, 4) is 0 Å². The summed E-state index contributed by atoms with van der Waals surface area (Å²) in [5, 5.41) is 8.51. The third-order valence-electron chi connectivity index (χ3n) is 3.95. The van der Waals surface area contributed by atoms with Crippen LogP contribution in [0.4, 0.5) is 0 Å². The zero-order chi connectivity index (χ0) is 16.8. The molecule has 0 unspecified atom stereocenters. The molecule has 2 atom stereocenters. The van der Waals surface area contributed by atoms with Crippen molar-refractivity contribution in [2.45, 2.75) is 83.3 Å². The zero-order valence-corrected chi connectivity index (χ0v) is 14.5. The number of carbonyl (C=O) groups is 1. The molecule has 1 fully saturated rings. The monoisotopic (exact) mass is 320 g/mol. The smallest absolute Gasteiger partial charge is 0.303 e. The van der Waals surface area contributed by atoms with Gasteiger partial charge in [0.1, 0.15) is 0 Å². The second-order valence-corrected chi connectivity index (χ2v) is 6.12. The van der Waals surface area contributed by atoms with Crippen molar-refractivity contribution in [2.24, 2.45) is 0 Å². The first-order valence-corrected chi connectivity index (χ1v) is 9.06. The second-order valence-electron chi connectivity index (χ2n) is 6.12. The van der Waals surface area contributed by atoms with E-state index in [1.807, 2.05) is 0 Å². The van der Waals surface area contributed by atoms with Crippen molar-refractivity contribution in [3.05, 3.63) is 36.5 Å². The van der Waals surface area contributed by atoms with E-state index in [0.29, 0.717) is 12.2 Å². The maximum absolute atomic E-state index is 10.3. The van der Waals surface area contributed by atoms with Gasteiger partial charge in [0.25, 0.3) is 0 Å². The molecule has 0 amide bonds. The number of unbranched alkanes of at least 4 members (excludes halogenated alkanes) is 3. The molecule has 0 aromatic rings. The van der Waals surface area contributed by atoms with Crippen molar-refractivity contribution in [2.75, 3.05) is 0 Å². The lowest BCUT2D eigenvalue weighted by molar-refractivity contribution is -0.137. The van der Waals surface area contributed by atoms with Crippen LogP contribution in [0, 0.1) is 0 Å². The third-order valence-corrected chi connectivity index (χ3v) is 3.95. The van der Waals surface area contributed by atoms with Gasteiger partial charge in [-0.2, -0.15) is 0 Å². The zero-order valence-electron chi connectivity index (χ0n) is 14.5. The maximum atomic E-state index is 10.3.